The van der Waals surface area contributed by atoms with Crippen LogP contribution in [0.5, 0.6) is 0 Å². The lowest BCUT2D eigenvalue weighted by molar-refractivity contribution is -0.129. The summed E-state index contributed by atoms with van der Waals surface area (Å²) in [5.74, 6) is -0.0725. The Labute approximate surface area is 158 Å². The Morgan fingerprint density at radius 1 is 1.15 bits per heavy atom. The molecule has 1 aromatic carbocycles. The monoisotopic (exact) mass is 374 g/mol. The smallest absolute Gasteiger partial charge is 0.251 e. The van der Waals surface area contributed by atoms with E-state index in [0.717, 1.165) is 43.0 Å². The molecule has 1 N–H and O–H groups in total. The van der Waals surface area contributed by atoms with Crippen LogP contribution in [-0.4, -0.2) is 46.1 Å². The van der Waals surface area contributed by atoms with E-state index in [0.29, 0.717) is 23.6 Å². The highest BCUT2D eigenvalue weighted by Gasteiger charge is 2.17. The zero-order chi connectivity index (χ0) is 18.7. The molecule has 1 saturated heterocycles. The van der Waals surface area contributed by atoms with E-state index in [9.17, 15) is 9.59 Å². The van der Waals surface area contributed by atoms with Crippen molar-refractivity contribution in [3.05, 3.63) is 46.2 Å². The maximum Gasteiger partial charge on any atom is 0.251 e. The Morgan fingerprint density at radius 2 is 1.81 bits per heavy atom. The van der Waals surface area contributed by atoms with Gasteiger partial charge < -0.3 is 10.2 Å². The van der Waals surface area contributed by atoms with Crippen LogP contribution in [0.3, 0.4) is 0 Å². The molecule has 138 valence electrons. The summed E-state index contributed by atoms with van der Waals surface area (Å²) in [6.45, 7) is 5.79. The number of nitrogens with zero attached hydrogens (tertiary/aromatic N) is 3. The average Bonchev–Trinajstić information content (AvgIpc) is 3.27. The number of likely N-dealkylation sites (tertiary alicyclic amines) is 1. The molecule has 0 bridgehead atoms. The van der Waals surface area contributed by atoms with Gasteiger partial charge in [0.05, 0.1) is 22.1 Å². The van der Waals surface area contributed by atoms with Crippen molar-refractivity contribution in [3.63, 3.8) is 0 Å². The lowest BCUT2D eigenvalue weighted by atomic mass is 10.2. The number of carbonyl (C=O) groups is 2. The summed E-state index contributed by atoms with van der Waals surface area (Å²) in [5.41, 5.74) is 3.03. The number of aryl methyl sites for hydroxylation is 1. The summed E-state index contributed by atoms with van der Waals surface area (Å²) >= 11 is 6.18. The fourth-order valence-electron chi connectivity index (χ4n) is 3.14. The summed E-state index contributed by atoms with van der Waals surface area (Å²) in [6.07, 6.45) is 2.49. The second-order valence-electron chi connectivity index (χ2n) is 6.54. The predicted molar refractivity (Wildman–Crippen MR) is 101 cm³/mol. The summed E-state index contributed by atoms with van der Waals surface area (Å²) in [7, 11) is 0. The van der Waals surface area contributed by atoms with E-state index < -0.39 is 0 Å². The molecule has 0 saturated carbocycles. The fraction of sp³-hybridized carbons (Fsp3) is 0.421. The third-order valence-electron chi connectivity index (χ3n) is 4.66. The van der Waals surface area contributed by atoms with Gasteiger partial charge in [-0.05, 0) is 51.0 Å². The topological polar surface area (TPSA) is 67.2 Å². The molecule has 1 fully saturated rings. The maximum absolute atomic E-state index is 12.2. The Bertz CT molecular complexity index is 808. The van der Waals surface area contributed by atoms with Gasteiger partial charge in [0.2, 0.25) is 5.91 Å². The minimum absolute atomic E-state index is 0.111. The van der Waals surface area contributed by atoms with Crippen molar-refractivity contribution in [2.75, 3.05) is 19.6 Å². The van der Waals surface area contributed by atoms with E-state index in [2.05, 4.69) is 10.4 Å². The minimum atomic E-state index is -0.183. The number of amides is 2. The van der Waals surface area contributed by atoms with E-state index in [-0.39, 0.29) is 11.8 Å². The van der Waals surface area contributed by atoms with Gasteiger partial charge in [0, 0.05) is 31.6 Å². The molecule has 1 aliphatic rings. The van der Waals surface area contributed by atoms with Crippen LogP contribution in [0.1, 0.15) is 41.0 Å². The highest BCUT2D eigenvalue weighted by atomic mass is 35.5. The number of nitrogens with one attached hydrogen (secondary N) is 1. The van der Waals surface area contributed by atoms with Crippen LogP contribution in [0.2, 0.25) is 5.02 Å². The SMILES string of the molecule is Cc1nn(-c2ccc(C(=O)NCCC(=O)N3CCCC3)cc2)c(C)c1Cl. The first kappa shape index (κ1) is 18.5. The minimum Gasteiger partial charge on any atom is -0.352 e. The molecule has 0 spiro atoms. The number of aromatic nitrogens is 2. The van der Waals surface area contributed by atoms with Crippen LogP contribution in [0, 0.1) is 13.8 Å². The number of rotatable bonds is 5. The first-order valence-corrected chi connectivity index (χ1v) is 9.23. The van der Waals surface area contributed by atoms with Gasteiger partial charge in [-0.3, -0.25) is 9.59 Å². The molecule has 2 aromatic rings. The summed E-state index contributed by atoms with van der Waals surface area (Å²) in [5, 5.41) is 7.86. The predicted octanol–water partition coefficient (Wildman–Crippen LogP) is 2.88. The van der Waals surface area contributed by atoms with Crippen molar-refractivity contribution in [1.82, 2.24) is 20.0 Å². The molecule has 26 heavy (non-hydrogen) atoms. The van der Waals surface area contributed by atoms with Gasteiger partial charge in [-0.1, -0.05) is 11.6 Å². The van der Waals surface area contributed by atoms with Crippen LogP contribution < -0.4 is 5.32 Å². The van der Waals surface area contributed by atoms with Crippen molar-refractivity contribution in [1.29, 1.82) is 0 Å². The van der Waals surface area contributed by atoms with Gasteiger partial charge in [0.25, 0.3) is 5.91 Å². The number of benzene rings is 1. The lowest BCUT2D eigenvalue weighted by Gasteiger charge is -2.15. The quantitative estimate of drug-likeness (QED) is 0.875. The molecule has 0 unspecified atom stereocenters. The molecule has 3 rings (SSSR count). The normalized spacial score (nSPS) is 13.9. The van der Waals surface area contributed by atoms with Crippen molar-refractivity contribution in [2.24, 2.45) is 0 Å². The summed E-state index contributed by atoms with van der Waals surface area (Å²) < 4.78 is 1.76. The van der Waals surface area contributed by atoms with Crippen LogP contribution in [0.4, 0.5) is 0 Å². The van der Waals surface area contributed by atoms with Gasteiger partial charge >= 0.3 is 0 Å². The van der Waals surface area contributed by atoms with Gasteiger partial charge in [-0.2, -0.15) is 5.10 Å². The van der Waals surface area contributed by atoms with Crippen LogP contribution in [0.25, 0.3) is 5.69 Å². The molecule has 7 heteroatoms. The van der Waals surface area contributed by atoms with Gasteiger partial charge in [0.1, 0.15) is 0 Å². The molecule has 2 heterocycles. The second kappa shape index (κ2) is 7.91. The van der Waals surface area contributed by atoms with Crippen molar-refractivity contribution >= 4 is 23.4 Å². The molecule has 0 aliphatic carbocycles. The molecular weight excluding hydrogens is 352 g/mol. The average molecular weight is 375 g/mol. The second-order valence-corrected chi connectivity index (χ2v) is 6.92. The number of hydrogen-bond donors (Lipinski definition) is 1. The largest absolute Gasteiger partial charge is 0.352 e. The number of carbonyl (C=O) groups excluding carboxylic acids is 2. The third kappa shape index (κ3) is 3.90. The first-order valence-electron chi connectivity index (χ1n) is 8.85. The maximum atomic E-state index is 12.2. The zero-order valence-electron chi connectivity index (χ0n) is 15.1. The van der Waals surface area contributed by atoms with Gasteiger partial charge in [0.15, 0.2) is 0 Å². The van der Waals surface area contributed by atoms with E-state index in [1.54, 1.807) is 16.8 Å². The zero-order valence-corrected chi connectivity index (χ0v) is 15.8. The van der Waals surface area contributed by atoms with Crippen LogP contribution >= 0.6 is 11.6 Å². The van der Waals surface area contributed by atoms with Crippen molar-refractivity contribution in [3.8, 4) is 5.69 Å². The molecule has 1 aromatic heterocycles. The molecule has 0 radical (unpaired) electrons. The molecule has 6 nitrogen and oxygen atoms in total. The summed E-state index contributed by atoms with van der Waals surface area (Å²) in [4.78, 5) is 26.1. The number of halogens is 1. The van der Waals surface area contributed by atoms with E-state index in [4.69, 9.17) is 11.6 Å². The van der Waals surface area contributed by atoms with Gasteiger partial charge in [-0.25, -0.2) is 4.68 Å². The van der Waals surface area contributed by atoms with Gasteiger partial charge in [-0.15, -0.1) is 0 Å². The molecule has 1 aliphatic heterocycles. The Balaban J connectivity index is 1.56. The third-order valence-corrected chi connectivity index (χ3v) is 5.21. The summed E-state index contributed by atoms with van der Waals surface area (Å²) in [6, 6.07) is 7.16. The van der Waals surface area contributed by atoms with Crippen LogP contribution in [-0.2, 0) is 4.79 Å². The van der Waals surface area contributed by atoms with E-state index in [1.807, 2.05) is 30.9 Å². The first-order chi connectivity index (χ1) is 12.5. The molecule has 0 atom stereocenters. The van der Waals surface area contributed by atoms with Crippen LogP contribution in [0.15, 0.2) is 24.3 Å². The highest BCUT2D eigenvalue weighted by Crippen LogP contribution is 2.22. The van der Waals surface area contributed by atoms with Crippen molar-refractivity contribution < 1.29 is 9.59 Å². The Morgan fingerprint density at radius 3 is 2.38 bits per heavy atom. The molecular formula is C19H23ClN4O2. The number of hydrogen-bond acceptors (Lipinski definition) is 3. The molecule has 2 amide bonds. The van der Waals surface area contributed by atoms with Crippen molar-refractivity contribution in [2.45, 2.75) is 33.1 Å². The fourth-order valence-corrected chi connectivity index (χ4v) is 3.26. The van der Waals surface area contributed by atoms with E-state index >= 15 is 0 Å². The standard InChI is InChI=1S/C19H23ClN4O2/c1-13-18(20)14(2)24(22-13)16-7-5-15(6-8-16)19(26)21-10-9-17(25)23-11-3-4-12-23/h5-8H,3-4,9-12H2,1-2H3,(H,21,26). The Kier molecular flexibility index (Phi) is 5.61. The Hall–Kier alpha value is -2.34. The highest BCUT2D eigenvalue weighted by molar-refractivity contribution is 6.31. The lowest BCUT2D eigenvalue weighted by Crippen LogP contribution is -2.32. The van der Waals surface area contributed by atoms with E-state index in [1.165, 1.54) is 0 Å².